The summed E-state index contributed by atoms with van der Waals surface area (Å²) in [5, 5.41) is 3.04. The van der Waals surface area contributed by atoms with E-state index in [1.54, 1.807) is 0 Å². The van der Waals surface area contributed by atoms with E-state index in [0.29, 0.717) is 6.42 Å². The number of aryl methyl sites for hydroxylation is 1. The van der Waals surface area contributed by atoms with Gasteiger partial charge in [-0.15, -0.1) is 0 Å². The molecular weight excluding hydrogens is 417 g/mol. The van der Waals surface area contributed by atoms with E-state index in [4.69, 9.17) is 15.0 Å². The molecule has 0 saturated carbocycles. The van der Waals surface area contributed by atoms with Gasteiger partial charge in [0.1, 0.15) is 0 Å². The van der Waals surface area contributed by atoms with Crippen molar-refractivity contribution in [1.29, 1.82) is 0 Å². The molecular formula is C25H40BN3O4. The Hall–Kier alpha value is -1.90. The van der Waals surface area contributed by atoms with Crippen molar-refractivity contribution in [2.45, 2.75) is 95.8 Å². The number of hydrogen-bond donors (Lipinski definition) is 2. The third-order valence-corrected chi connectivity index (χ3v) is 7.19. The fourth-order valence-electron chi connectivity index (χ4n) is 4.34. The maximum atomic E-state index is 13.0. The van der Waals surface area contributed by atoms with Gasteiger partial charge in [-0.05, 0) is 71.8 Å². The van der Waals surface area contributed by atoms with Crippen LogP contribution in [0.1, 0.15) is 71.8 Å². The Morgan fingerprint density at radius 2 is 1.67 bits per heavy atom. The lowest BCUT2D eigenvalue weighted by atomic mass is 9.75. The summed E-state index contributed by atoms with van der Waals surface area (Å²) < 4.78 is 12.5. The predicted molar refractivity (Wildman–Crippen MR) is 130 cm³/mol. The zero-order valence-electron chi connectivity index (χ0n) is 20.6. The van der Waals surface area contributed by atoms with Gasteiger partial charge in [0.2, 0.25) is 11.8 Å². The van der Waals surface area contributed by atoms with Crippen LogP contribution in [0.3, 0.4) is 0 Å². The first-order chi connectivity index (χ1) is 15.6. The van der Waals surface area contributed by atoms with Crippen molar-refractivity contribution in [2.75, 3.05) is 13.1 Å². The number of carbonyl (C=O) groups excluding carboxylic acids is 2. The molecule has 8 heteroatoms. The molecule has 0 spiro atoms. The number of benzene rings is 1. The first-order valence-corrected chi connectivity index (χ1v) is 12.3. The highest BCUT2D eigenvalue weighted by Gasteiger charge is 2.54. The van der Waals surface area contributed by atoms with Gasteiger partial charge < -0.3 is 25.3 Å². The maximum Gasteiger partial charge on any atom is 0.481 e. The molecule has 0 aromatic heterocycles. The van der Waals surface area contributed by atoms with Crippen LogP contribution in [0, 0.1) is 0 Å². The summed E-state index contributed by atoms with van der Waals surface area (Å²) in [6, 6.07) is 9.37. The summed E-state index contributed by atoms with van der Waals surface area (Å²) in [5.41, 5.74) is 6.42. The Balaban J connectivity index is 1.61. The third-order valence-electron chi connectivity index (χ3n) is 7.19. The number of amides is 2. The molecule has 2 aliphatic heterocycles. The van der Waals surface area contributed by atoms with Crippen molar-refractivity contribution >= 4 is 18.9 Å². The Labute approximate surface area is 198 Å². The number of carbonyl (C=O) groups is 2. The standard InChI is InChI=1S/C25H40BN3O4/c1-24(2)25(3,4)33-26(32-24)21(15-11-14-19-12-7-5-8-13-19)28-23(31)20(27)18-22(30)29-16-9-6-10-17-29/h5,7-8,12-13,20-21H,6,9-11,14-18,27H2,1-4H3,(H,28,31)/t20-,21+/m1/s1. The average molecular weight is 457 g/mol. The summed E-state index contributed by atoms with van der Waals surface area (Å²) in [6.07, 6.45) is 5.63. The van der Waals surface area contributed by atoms with Crippen molar-refractivity contribution in [1.82, 2.24) is 10.2 Å². The van der Waals surface area contributed by atoms with Crippen LogP contribution in [0.5, 0.6) is 0 Å². The molecule has 7 nitrogen and oxygen atoms in total. The van der Waals surface area contributed by atoms with E-state index in [1.165, 1.54) is 5.56 Å². The molecule has 0 unspecified atom stereocenters. The Morgan fingerprint density at radius 3 is 2.27 bits per heavy atom. The topological polar surface area (TPSA) is 93.9 Å². The van der Waals surface area contributed by atoms with Gasteiger partial charge in [0.25, 0.3) is 0 Å². The molecule has 1 aromatic rings. The lowest BCUT2D eigenvalue weighted by Gasteiger charge is -2.32. The smallest absolute Gasteiger partial charge is 0.402 e. The first-order valence-electron chi connectivity index (χ1n) is 12.3. The second kappa shape index (κ2) is 11.0. The van der Waals surface area contributed by atoms with Gasteiger partial charge in [0.15, 0.2) is 0 Å². The van der Waals surface area contributed by atoms with E-state index >= 15 is 0 Å². The average Bonchev–Trinajstić information content (AvgIpc) is 3.01. The second-order valence-corrected chi connectivity index (χ2v) is 10.4. The van der Waals surface area contributed by atoms with Gasteiger partial charge in [-0.1, -0.05) is 30.3 Å². The van der Waals surface area contributed by atoms with Gasteiger partial charge in [0.05, 0.1) is 29.6 Å². The number of rotatable bonds is 9. The highest BCUT2D eigenvalue weighted by molar-refractivity contribution is 6.48. The zero-order chi connectivity index (χ0) is 24.1. The van der Waals surface area contributed by atoms with Crippen LogP contribution in [0.4, 0.5) is 0 Å². The number of nitrogens with two attached hydrogens (primary N) is 1. The molecule has 33 heavy (non-hydrogen) atoms. The van der Waals surface area contributed by atoms with E-state index in [0.717, 1.165) is 45.2 Å². The van der Waals surface area contributed by atoms with E-state index in [9.17, 15) is 9.59 Å². The maximum absolute atomic E-state index is 13.0. The molecule has 3 N–H and O–H groups in total. The molecule has 0 aliphatic carbocycles. The number of piperidine rings is 1. The molecule has 182 valence electrons. The molecule has 1 aromatic carbocycles. The molecule has 0 radical (unpaired) electrons. The van der Waals surface area contributed by atoms with Crippen LogP contribution in [-0.4, -0.2) is 60.1 Å². The minimum Gasteiger partial charge on any atom is -0.402 e. The quantitative estimate of drug-likeness (QED) is 0.557. The lowest BCUT2D eigenvalue weighted by Crippen LogP contribution is -2.53. The fraction of sp³-hybridized carbons (Fsp3) is 0.680. The summed E-state index contributed by atoms with van der Waals surface area (Å²) in [4.78, 5) is 27.4. The second-order valence-electron chi connectivity index (χ2n) is 10.4. The minimum atomic E-state index is -0.890. The van der Waals surface area contributed by atoms with Crippen LogP contribution in [-0.2, 0) is 25.3 Å². The number of nitrogens with one attached hydrogen (secondary N) is 1. The number of likely N-dealkylation sites (tertiary alicyclic amines) is 1. The van der Waals surface area contributed by atoms with Crippen LogP contribution < -0.4 is 11.1 Å². The normalized spacial score (nSPS) is 21.5. The van der Waals surface area contributed by atoms with E-state index < -0.39 is 24.4 Å². The van der Waals surface area contributed by atoms with Gasteiger partial charge in [-0.2, -0.15) is 0 Å². The first kappa shape index (κ1) is 25.7. The highest BCUT2D eigenvalue weighted by Crippen LogP contribution is 2.38. The molecule has 0 bridgehead atoms. The van der Waals surface area contributed by atoms with Crippen molar-refractivity contribution in [3.63, 3.8) is 0 Å². The van der Waals surface area contributed by atoms with Gasteiger partial charge in [-0.3, -0.25) is 9.59 Å². The summed E-state index contributed by atoms with van der Waals surface area (Å²) in [6.45, 7) is 9.50. The lowest BCUT2D eigenvalue weighted by molar-refractivity contribution is -0.135. The molecule has 2 saturated heterocycles. The Morgan fingerprint density at radius 1 is 1.06 bits per heavy atom. The van der Waals surface area contributed by atoms with Gasteiger partial charge in [0, 0.05) is 13.1 Å². The fourth-order valence-corrected chi connectivity index (χ4v) is 4.34. The largest absolute Gasteiger partial charge is 0.481 e. The Kier molecular flexibility index (Phi) is 8.59. The summed E-state index contributed by atoms with van der Waals surface area (Å²) >= 11 is 0. The van der Waals surface area contributed by atoms with Crippen molar-refractivity contribution < 1.29 is 18.9 Å². The zero-order valence-corrected chi connectivity index (χ0v) is 20.6. The molecule has 3 rings (SSSR count). The van der Waals surface area contributed by atoms with Crippen LogP contribution >= 0.6 is 0 Å². The van der Waals surface area contributed by atoms with Crippen LogP contribution in [0.15, 0.2) is 30.3 Å². The molecule has 2 amide bonds. The Bertz CT molecular complexity index is 780. The third kappa shape index (κ3) is 6.81. The summed E-state index contributed by atoms with van der Waals surface area (Å²) in [7, 11) is -0.570. The SMILES string of the molecule is CC1(C)OB([C@H](CCCc2ccccc2)NC(=O)[C@H](N)CC(=O)N2CCCCC2)OC1(C)C. The number of hydrogen-bond acceptors (Lipinski definition) is 5. The molecule has 2 aliphatic rings. The van der Waals surface area contributed by atoms with Crippen molar-refractivity contribution in [3.8, 4) is 0 Å². The van der Waals surface area contributed by atoms with E-state index in [2.05, 4.69) is 17.4 Å². The highest BCUT2D eigenvalue weighted by atomic mass is 16.7. The molecule has 2 heterocycles. The predicted octanol–water partition coefficient (Wildman–Crippen LogP) is 2.86. The van der Waals surface area contributed by atoms with Gasteiger partial charge >= 0.3 is 7.12 Å². The van der Waals surface area contributed by atoms with E-state index in [-0.39, 0.29) is 24.2 Å². The van der Waals surface area contributed by atoms with E-state index in [1.807, 2.05) is 50.8 Å². The van der Waals surface area contributed by atoms with Gasteiger partial charge in [-0.25, -0.2) is 0 Å². The molecule has 2 atom stereocenters. The van der Waals surface area contributed by atoms with Crippen LogP contribution in [0.2, 0.25) is 0 Å². The number of nitrogens with zero attached hydrogens (tertiary/aromatic N) is 1. The molecule has 2 fully saturated rings. The monoisotopic (exact) mass is 457 g/mol. The van der Waals surface area contributed by atoms with Crippen molar-refractivity contribution in [2.24, 2.45) is 5.73 Å². The summed E-state index contributed by atoms with van der Waals surface area (Å²) in [5.74, 6) is -0.730. The van der Waals surface area contributed by atoms with Crippen molar-refractivity contribution in [3.05, 3.63) is 35.9 Å². The van der Waals surface area contributed by atoms with Crippen LogP contribution in [0.25, 0.3) is 0 Å². The minimum absolute atomic E-state index is 0.0198.